The molecule has 2 heterocycles. The number of ether oxygens (including phenoxy) is 1. The lowest BCUT2D eigenvalue weighted by Crippen LogP contribution is -2.39. The highest BCUT2D eigenvalue weighted by Crippen LogP contribution is 2.24. The van der Waals surface area contributed by atoms with Gasteiger partial charge in [0.25, 0.3) is 10.0 Å². The Hall–Kier alpha value is -1.18. The molecule has 0 radical (unpaired) electrons. The van der Waals surface area contributed by atoms with Crippen LogP contribution in [-0.4, -0.2) is 45.8 Å². The third-order valence-corrected chi connectivity index (χ3v) is 5.06. The average molecular weight is 287 g/mol. The Bertz CT molecular complexity index is 528. The van der Waals surface area contributed by atoms with E-state index in [1.54, 1.807) is 7.11 Å². The van der Waals surface area contributed by atoms with Gasteiger partial charge in [0.05, 0.1) is 0 Å². The Morgan fingerprint density at radius 3 is 2.63 bits per heavy atom. The van der Waals surface area contributed by atoms with E-state index in [9.17, 15) is 13.2 Å². The zero-order chi connectivity index (χ0) is 13.9. The van der Waals surface area contributed by atoms with Gasteiger partial charge in [0.2, 0.25) is 5.09 Å². The molecule has 0 bridgehead atoms. The number of hydrogen-bond acceptors (Lipinski definition) is 5. The predicted molar refractivity (Wildman–Crippen MR) is 67.5 cm³/mol. The molecule has 19 heavy (non-hydrogen) atoms. The van der Waals surface area contributed by atoms with Gasteiger partial charge < -0.3 is 9.15 Å². The van der Waals surface area contributed by atoms with Crippen molar-refractivity contribution >= 4 is 16.3 Å². The minimum atomic E-state index is -3.62. The van der Waals surface area contributed by atoms with Crippen LogP contribution in [0.1, 0.15) is 23.4 Å². The van der Waals surface area contributed by atoms with Gasteiger partial charge in [0.15, 0.2) is 12.0 Å². The van der Waals surface area contributed by atoms with E-state index in [0.29, 0.717) is 31.9 Å². The highest BCUT2D eigenvalue weighted by molar-refractivity contribution is 7.89. The molecule has 1 fully saturated rings. The number of piperidine rings is 1. The first-order valence-electron chi connectivity index (χ1n) is 6.12. The van der Waals surface area contributed by atoms with Crippen LogP contribution in [0, 0.1) is 5.92 Å². The van der Waals surface area contributed by atoms with E-state index in [4.69, 9.17) is 9.15 Å². The van der Waals surface area contributed by atoms with Gasteiger partial charge in [-0.25, -0.2) is 8.42 Å². The first kappa shape index (κ1) is 14.2. The van der Waals surface area contributed by atoms with E-state index in [-0.39, 0.29) is 10.9 Å². The second-order valence-corrected chi connectivity index (χ2v) is 6.45. The van der Waals surface area contributed by atoms with Crippen molar-refractivity contribution in [3.8, 4) is 0 Å². The minimum absolute atomic E-state index is 0.0212. The summed E-state index contributed by atoms with van der Waals surface area (Å²) in [5.74, 6) is 0.423. The third-order valence-electron chi connectivity index (χ3n) is 3.29. The van der Waals surface area contributed by atoms with Crippen molar-refractivity contribution in [2.75, 3.05) is 26.8 Å². The number of rotatable bonds is 5. The van der Waals surface area contributed by atoms with Crippen LogP contribution in [0.5, 0.6) is 0 Å². The predicted octanol–water partition coefficient (Wildman–Crippen LogP) is 1.14. The summed E-state index contributed by atoms with van der Waals surface area (Å²) in [7, 11) is -1.98. The van der Waals surface area contributed by atoms with Crippen LogP contribution in [0.3, 0.4) is 0 Å². The van der Waals surface area contributed by atoms with Gasteiger partial charge in [0.1, 0.15) is 0 Å². The lowest BCUT2D eigenvalue weighted by molar-refractivity contribution is 0.109. The lowest BCUT2D eigenvalue weighted by Gasteiger charge is -2.29. The van der Waals surface area contributed by atoms with Crippen molar-refractivity contribution in [3.05, 3.63) is 17.9 Å². The molecular formula is C12H17NO5S. The van der Waals surface area contributed by atoms with Crippen LogP contribution in [0.25, 0.3) is 0 Å². The maximum absolute atomic E-state index is 12.3. The normalized spacial score (nSPS) is 18.6. The van der Waals surface area contributed by atoms with Crippen LogP contribution in [0.2, 0.25) is 0 Å². The molecule has 1 aromatic rings. The van der Waals surface area contributed by atoms with Crippen molar-refractivity contribution in [1.29, 1.82) is 0 Å². The Kier molecular flexibility index (Phi) is 4.38. The fourth-order valence-electron chi connectivity index (χ4n) is 2.22. The number of sulfonamides is 1. The van der Waals surface area contributed by atoms with Gasteiger partial charge >= 0.3 is 0 Å². The van der Waals surface area contributed by atoms with Crippen LogP contribution >= 0.6 is 0 Å². The van der Waals surface area contributed by atoms with Crippen molar-refractivity contribution in [1.82, 2.24) is 4.31 Å². The summed E-state index contributed by atoms with van der Waals surface area (Å²) >= 11 is 0. The molecule has 6 nitrogen and oxygen atoms in total. The molecule has 0 spiro atoms. The number of hydrogen-bond donors (Lipinski definition) is 0. The highest BCUT2D eigenvalue weighted by atomic mass is 32.2. The second-order valence-electron chi connectivity index (χ2n) is 4.58. The van der Waals surface area contributed by atoms with Gasteiger partial charge in [0, 0.05) is 26.8 Å². The van der Waals surface area contributed by atoms with Gasteiger partial charge in [-0.2, -0.15) is 4.31 Å². The largest absolute Gasteiger partial charge is 0.440 e. The molecule has 7 heteroatoms. The van der Waals surface area contributed by atoms with Crippen LogP contribution < -0.4 is 0 Å². The molecule has 0 atom stereocenters. The minimum Gasteiger partial charge on any atom is -0.440 e. The zero-order valence-corrected chi connectivity index (χ0v) is 11.6. The Morgan fingerprint density at radius 2 is 2.11 bits per heavy atom. The first-order valence-corrected chi connectivity index (χ1v) is 7.56. The van der Waals surface area contributed by atoms with E-state index in [1.165, 1.54) is 16.4 Å². The van der Waals surface area contributed by atoms with E-state index in [1.807, 2.05) is 0 Å². The summed E-state index contributed by atoms with van der Waals surface area (Å²) in [6.45, 7) is 1.56. The molecule has 2 rings (SSSR count). The van der Waals surface area contributed by atoms with E-state index < -0.39 is 10.0 Å². The number of carbonyl (C=O) groups is 1. The molecule has 0 saturated carbocycles. The summed E-state index contributed by atoms with van der Waals surface area (Å²) in [6.07, 6.45) is 2.03. The fraction of sp³-hybridized carbons (Fsp3) is 0.583. The monoisotopic (exact) mass is 287 g/mol. The summed E-state index contributed by atoms with van der Waals surface area (Å²) in [6, 6.07) is 2.68. The topological polar surface area (TPSA) is 76.8 Å². The molecule has 0 unspecified atom stereocenters. The third kappa shape index (κ3) is 3.05. The molecule has 0 aliphatic carbocycles. The second kappa shape index (κ2) is 5.85. The first-order chi connectivity index (χ1) is 9.07. The molecule has 0 aromatic carbocycles. The average Bonchev–Trinajstić information content (AvgIpc) is 2.89. The van der Waals surface area contributed by atoms with Crippen LogP contribution in [0.4, 0.5) is 0 Å². The van der Waals surface area contributed by atoms with Gasteiger partial charge in [-0.15, -0.1) is 0 Å². The zero-order valence-electron chi connectivity index (χ0n) is 10.7. The maximum atomic E-state index is 12.3. The lowest BCUT2D eigenvalue weighted by atomic mass is 9.99. The molecule has 1 saturated heterocycles. The molecule has 106 valence electrons. The summed E-state index contributed by atoms with van der Waals surface area (Å²) in [5, 5.41) is -0.167. The SMILES string of the molecule is COCC1CCN(S(=O)(=O)c2ccc(C=O)o2)CC1. The summed E-state index contributed by atoms with van der Waals surface area (Å²) in [5.41, 5.74) is 0. The Morgan fingerprint density at radius 1 is 1.42 bits per heavy atom. The Labute approximate surface area is 112 Å². The standard InChI is InChI=1S/C12H17NO5S/c1-17-9-10-4-6-13(7-5-10)19(15,16)12-3-2-11(8-14)18-12/h2-3,8,10H,4-7,9H2,1H3. The molecule has 0 N–H and O–H groups in total. The molecule has 1 aliphatic rings. The van der Waals surface area contributed by atoms with E-state index in [0.717, 1.165) is 12.8 Å². The van der Waals surface area contributed by atoms with Gasteiger partial charge in [-0.1, -0.05) is 0 Å². The molecular weight excluding hydrogens is 270 g/mol. The fourth-order valence-corrected chi connectivity index (χ4v) is 3.60. The number of nitrogens with zero attached hydrogens (tertiary/aromatic N) is 1. The van der Waals surface area contributed by atoms with Crippen molar-refractivity contribution in [3.63, 3.8) is 0 Å². The van der Waals surface area contributed by atoms with Gasteiger partial charge in [-0.3, -0.25) is 4.79 Å². The summed E-state index contributed by atoms with van der Waals surface area (Å²) in [4.78, 5) is 10.5. The van der Waals surface area contributed by atoms with Gasteiger partial charge in [-0.05, 0) is 30.9 Å². The number of methoxy groups -OCH3 is 1. The Balaban J connectivity index is 2.07. The van der Waals surface area contributed by atoms with E-state index >= 15 is 0 Å². The highest BCUT2D eigenvalue weighted by Gasteiger charge is 2.31. The number of aldehydes is 1. The smallest absolute Gasteiger partial charge is 0.276 e. The van der Waals surface area contributed by atoms with Crippen LogP contribution in [-0.2, 0) is 14.8 Å². The molecule has 1 aromatic heterocycles. The molecule has 0 amide bonds. The molecule has 1 aliphatic heterocycles. The van der Waals surface area contributed by atoms with Crippen molar-refractivity contribution < 1.29 is 22.4 Å². The van der Waals surface area contributed by atoms with Crippen molar-refractivity contribution in [2.24, 2.45) is 5.92 Å². The van der Waals surface area contributed by atoms with E-state index in [2.05, 4.69) is 0 Å². The van der Waals surface area contributed by atoms with Crippen LogP contribution in [0.15, 0.2) is 21.6 Å². The number of carbonyl (C=O) groups excluding carboxylic acids is 1. The summed E-state index contributed by atoms with van der Waals surface area (Å²) < 4.78 is 36.0. The quantitative estimate of drug-likeness (QED) is 0.759. The van der Waals surface area contributed by atoms with Crippen molar-refractivity contribution in [2.45, 2.75) is 17.9 Å². The maximum Gasteiger partial charge on any atom is 0.276 e. The number of furan rings is 1.